The number of carbonyl (C=O) groups is 1. The summed E-state index contributed by atoms with van der Waals surface area (Å²) in [6.45, 7) is 0.345. The minimum absolute atomic E-state index is 0.199. The van der Waals surface area contributed by atoms with Crippen LogP contribution in [0.25, 0.3) is 0 Å². The summed E-state index contributed by atoms with van der Waals surface area (Å²) in [5, 5.41) is 6.41. The summed E-state index contributed by atoms with van der Waals surface area (Å²) >= 11 is 0. The number of pyridine rings is 1. The highest BCUT2D eigenvalue weighted by Crippen LogP contribution is 2.07. The summed E-state index contributed by atoms with van der Waals surface area (Å²) in [5.74, 6) is 5.64. The molecule has 18 heavy (non-hydrogen) atoms. The van der Waals surface area contributed by atoms with Gasteiger partial charge in [-0.05, 0) is 12.1 Å². The maximum Gasteiger partial charge on any atom is 0.272 e. The van der Waals surface area contributed by atoms with Crippen molar-refractivity contribution in [1.29, 1.82) is 0 Å². The first-order valence-corrected chi connectivity index (χ1v) is 5.23. The first-order valence-electron chi connectivity index (χ1n) is 5.23. The average Bonchev–Trinajstić information content (AvgIpc) is 2.91. The van der Waals surface area contributed by atoms with Crippen LogP contribution in [-0.4, -0.2) is 38.0 Å². The Morgan fingerprint density at radius 3 is 2.89 bits per heavy atom. The molecule has 0 spiro atoms. The van der Waals surface area contributed by atoms with Gasteiger partial charge in [-0.1, -0.05) is 0 Å². The molecule has 94 valence electrons. The number of amides is 1. The van der Waals surface area contributed by atoms with Crippen LogP contribution >= 0.6 is 0 Å². The van der Waals surface area contributed by atoms with Crippen molar-refractivity contribution in [1.82, 2.24) is 25.1 Å². The fourth-order valence-electron chi connectivity index (χ4n) is 1.40. The molecule has 0 aliphatic rings. The van der Waals surface area contributed by atoms with E-state index < -0.39 is 0 Å². The number of nitrogens with zero attached hydrogens (tertiary/aromatic N) is 4. The SMILES string of the molecule is CN(Cc1ncn[nH]1)C(=O)c1ccc(NN)cn1. The molecule has 2 aromatic rings. The van der Waals surface area contributed by atoms with Crippen molar-refractivity contribution >= 4 is 11.6 Å². The lowest BCUT2D eigenvalue weighted by atomic mass is 10.3. The van der Waals surface area contributed by atoms with Crippen LogP contribution in [0.3, 0.4) is 0 Å². The van der Waals surface area contributed by atoms with Gasteiger partial charge < -0.3 is 10.3 Å². The molecule has 0 fully saturated rings. The molecule has 2 aromatic heterocycles. The lowest BCUT2D eigenvalue weighted by Crippen LogP contribution is -2.27. The van der Waals surface area contributed by atoms with Gasteiger partial charge in [0.1, 0.15) is 17.8 Å². The number of aromatic amines is 1. The van der Waals surface area contributed by atoms with E-state index in [1.54, 1.807) is 19.2 Å². The number of rotatable bonds is 4. The van der Waals surface area contributed by atoms with Crippen LogP contribution in [0.4, 0.5) is 5.69 Å². The fourth-order valence-corrected chi connectivity index (χ4v) is 1.40. The second-order valence-electron chi connectivity index (χ2n) is 3.67. The van der Waals surface area contributed by atoms with Crippen LogP contribution in [0, 0.1) is 0 Å². The normalized spacial score (nSPS) is 10.1. The fraction of sp³-hybridized carbons (Fsp3) is 0.200. The Balaban J connectivity index is 2.05. The third-order valence-corrected chi connectivity index (χ3v) is 2.35. The molecule has 0 saturated heterocycles. The Morgan fingerprint density at radius 2 is 2.33 bits per heavy atom. The molecular weight excluding hydrogens is 234 g/mol. The molecule has 8 nitrogen and oxygen atoms in total. The zero-order valence-corrected chi connectivity index (χ0v) is 9.79. The van der Waals surface area contributed by atoms with E-state index in [1.807, 2.05) is 0 Å². The van der Waals surface area contributed by atoms with Gasteiger partial charge in [-0.15, -0.1) is 0 Å². The summed E-state index contributed by atoms with van der Waals surface area (Å²) in [4.78, 5) is 21.5. The number of hydrogen-bond donors (Lipinski definition) is 3. The topological polar surface area (TPSA) is 113 Å². The zero-order valence-electron chi connectivity index (χ0n) is 9.79. The number of H-pyrrole nitrogens is 1. The second kappa shape index (κ2) is 5.23. The molecule has 0 aliphatic heterocycles. The quantitative estimate of drug-likeness (QED) is 0.507. The molecule has 2 rings (SSSR count). The van der Waals surface area contributed by atoms with Gasteiger partial charge in [0.15, 0.2) is 0 Å². The number of hydrazine groups is 1. The third kappa shape index (κ3) is 2.61. The predicted octanol–water partition coefficient (Wildman–Crippen LogP) is -0.243. The second-order valence-corrected chi connectivity index (χ2v) is 3.67. The van der Waals surface area contributed by atoms with E-state index in [1.165, 1.54) is 17.4 Å². The van der Waals surface area contributed by atoms with Crippen molar-refractivity contribution in [3.63, 3.8) is 0 Å². The van der Waals surface area contributed by atoms with Crippen molar-refractivity contribution in [2.24, 2.45) is 5.84 Å². The number of anilines is 1. The lowest BCUT2D eigenvalue weighted by Gasteiger charge is -2.14. The third-order valence-electron chi connectivity index (χ3n) is 2.35. The number of hydrogen-bond acceptors (Lipinski definition) is 6. The molecular formula is C10H13N7O. The van der Waals surface area contributed by atoms with E-state index in [0.717, 1.165) is 0 Å². The molecule has 0 bridgehead atoms. The number of nitrogen functional groups attached to an aromatic ring is 1. The van der Waals surface area contributed by atoms with Gasteiger partial charge in [0, 0.05) is 7.05 Å². The van der Waals surface area contributed by atoms with Gasteiger partial charge in [0.25, 0.3) is 5.91 Å². The number of aromatic nitrogens is 4. The Labute approximate surface area is 103 Å². The molecule has 0 radical (unpaired) electrons. The maximum atomic E-state index is 12.0. The molecule has 0 unspecified atom stereocenters. The Kier molecular flexibility index (Phi) is 3.49. The summed E-state index contributed by atoms with van der Waals surface area (Å²) < 4.78 is 0. The molecule has 0 saturated carbocycles. The summed E-state index contributed by atoms with van der Waals surface area (Å²) in [6, 6.07) is 3.29. The number of nitrogens with one attached hydrogen (secondary N) is 2. The van der Waals surface area contributed by atoms with Crippen molar-refractivity contribution in [3.8, 4) is 0 Å². The van der Waals surface area contributed by atoms with Crippen LogP contribution in [0.1, 0.15) is 16.3 Å². The molecule has 1 amide bonds. The van der Waals surface area contributed by atoms with Gasteiger partial charge in [-0.25, -0.2) is 9.97 Å². The van der Waals surface area contributed by atoms with Crippen LogP contribution in [0.15, 0.2) is 24.7 Å². The van der Waals surface area contributed by atoms with Crippen molar-refractivity contribution < 1.29 is 4.79 Å². The van der Waals surface area contributed by atoms with Crippen molar-refractivity contribution in [2.45, 2.75) is 6.54 Å². The highest BCUT2D eigenvalue weighted by Gasteiger charge is 2.14. The lowest BCUT2D eigenvalue weighted by molar-refractivity contribution is 0.0776. The van der Waals surface area contributed by atoms with Crippen LogP contribution in [0.5, 0.6) is 0 Å². The average molecular weight is 247 g/mol. The molecule has 0 aliphatic carbocycles. The Morgan fingerprint density at radius 1 is 1.50 bits per heavy atom. The van der Waals surface area contributed by atoms with E-state index in [4.69, 9.17) is 5.84 Å². The summed E-state index contributed by atoms with van der Waals surface area (Å²) in [7, 11) is 1.67. The van der Waals surface area contributed by atoms with E-state index in [9.17, 15) is 4.79 Å². The van der Waals surface area contributed by atoms with E-state index in [-0.39, 0.29) is 5.91 Å². The zero-order chi connectivity index (χ0) is 13.0. The molecule has 0 atom stereocenters. The minimum Gasteiger partial charge on any atom is -0.333 e. The molecule has 8 heteroatoms. The van der Waals surface area contributed by atoms with Crippen LogP contribution in [-0.2, 0) is 6.54 Å². The minimum atomic E-state index is -0.199. The highest BCUT2D eigenvalue weighted by molar-refractivity contribution is 5.92. The van der Waals surface area contributed by atoms with E-state index in [0.29, 0.717) is 23.8 Å². The summed E-state index contributed by atoms with van der Waals surface area (Å²) in [6.07, 6.45) is 2.89. The summed E-state index contributed by atoms with van der Waals surface area (Å²) in [5.41, 5.74) is 3.43. The van der Waals surface area contributed by atoms with E-state index in [2.05, 4.69) is 25.6 Å². The Hall–Kier alpha value is -2.48. The van der Waals surface area contributed by atoms with Crippen LogP contribution < -0.4 is 11.3 Å². The van der Waals surface area contributed by atoms with E-state index >= 15 is 0 Å². The highest BCUT2D eigenvalue weighted by atomic mass is 16.2. The maximum absolute atomic E-state index is 12.0. The van der Waals surface area contributed by atoms with Gasteiger partial charge >= 0.3 is 0 Å². The predicted molar refractivity (Wildman–Crippen MR) is 64.2 cm³/mol. The standard InChI is InChI=1S/C10H13N7O/c1-17(5-9-13-6-14-16-9)10(18)8-3-2-7(15-11)4-12-8/h2-4,6,15H,5,11H2,1H3,(H,13,14,16). The number of nitrogens with two attached hydrogens (primary N) is 1. The smallest absolute Gasteiger partial charge is 0.272 e. The largest absolute Gasteiger partial charge is 0.333 e. The first-order chi connectivity index (χ1) is 8.70. The van der Waals surface area contributed by atoms with Gasteiger partial charge in [0.2, 0.25) is 0 Å². The first kappa shape index (κ1) is 12.0. The van der Waals surface area contributed by atoms with Crippen molar-refractivity contribution in [3.05, 3.63) is 36.2 Å². The number of carbonyl (C=O) groups excluding carboxylic acids is 1. The molecule has 0 aromatic carbocycles. The molecule has 2 heterocycles. The van der Waals surface area contributed by atoms with Gasteiger partial charge in [-0.2, -0.15) is 5.10 Å². The Bertz CT molecular complexity index is 508. The van der Waals surface area contributed by atoms with Crippen LogP contribution in [0.2, 0.25) is 0 Å². The van der Waals surface area contributed by atoms with Gasteiger partial charge in [0.05, 0.1) is 18.4 Å². The van der Waals surface area contributed by atoms with Crippen molar-refractivity contribution in [2.75, 3.05) is 12.5 Å². The monoisotopic (exact) mass is 247 g/mol. The van der Waals surface area contributed by atoms with Gasteiger partial charge in [-0.3, -0.25) is 15.7 Å². The molecule has 4 N–H and O–H groups in total.